The summed E-state index contributed by atoms with van der Waals surface area (Å²) in [5, 5.41) is 3.93. The van der Waals surface area contributed by atoms with Crippen molar-refractivity contribution in [3.8, 4) is 0 Å². The number of benzene rings is 1. The molecule has 0 radical (unpaired) electrons. The van der Waals surface area contributed by atoms with Crippen LogP contribution < -0.4 is 5.32 Å². The SMILES string of the molecule is CNC(C)c1nc2ccc(Cl)cc2n1C. The van der Waals surface area contributed by atoms with E-state index in [0.717, 1.165) is 21.9 Å². The molecule has 1 aromatic carbocycles. The van der Waals surface area contributed by atoms with Crippen molar-refractivity contribution in [2.45, 2.75) is 13.0 Å². The zero-order chi connectivity index (χ0) is 11.0. The minimum Gasteiger partial charge on any atom is -0.330 e. The highest BCUT2D eigenvalue weighted by molar-refractivity contribution is 6.31. The third-order valence-corrected chi connectivity index (χ3v) is 2.93. The molecule has 1 unspecified atom stereocenters. The quantitative estimate of drug-likeness (QED) is 0.848. The lowest BCUT2D eigenvalue weighted by Crippen LogP contribution is -2.16. The molecule has 0 saturated carbocycles. The second-order valence-corrected chi connectivity index (χ2v) is 4.11. The van der Waals surface area contributed by atoms with Crippen molar-refractivity contribution in [1.29, 1.82) is 0 Å². The summed E-state index contributed by atoms with van der Waals surface area (Å²) >= 11 is 5.96. The molecule has 0 amide bonds. The molecule has 1 heterocycles. The second kappa shape index (κ2) is 3.83. The van der Waals surface area contributed by atoms with Gasteiger partial charge in [0, 0.05) is 12.1 Å². The number of rotatable bonds is 2. The molecular weight excluding hydrogens is 210 g/mol. The molecule has 80 valence electrons. The Morgan fingerprint density at radius 2 is 2.20 bits per heavy atom. The van der Waals surface area contributed by atoms with Gasteiger partial charge in [-0.25, -0.2) is 4.98 Å². The van der Waals surface area contributed by atoms with Gasteiger partial charge in [0.2, 0.25) is 0 Å². The first-order valence-electron chi connectivity index (χ1n) is 4.92. The lowest BCUT2D eigenvalue weighted by atomic mass is 10.3. The highest BCUT2D eigenvalue weighted by atomic mass is 35.5. The molecule has 1 atom stereocenters. The minimum absolute atomic E-state index is 0.237. The molecule has 1 aromatic heterocycles. The Morgan fingerprint density at radius 1 is 1.47 bits per heavy atom. The number of hydrogen-bond acceptors (Lipinski definition) is 2. The highest BCUT2D eigenvalue weighted by Crippen LogP contribution is 2.22. The summed E-state index contributed by atoms with van der Waals surface area (Å²) in [6, 6.07) is 5.99. The number of aromatic nitrogens is 2. The first-order valence-corrected chi connectivity index (χ1v) is 5.30. The molecule has 0 aliphatic carbocycles. The third kappa shape index (κ3) is 1.73. The normalized spacial score (nSPS) is 13.3. The third-order valence-electron chi connectivity index (χ3n) is 2.70. The highest BCUT2D eigenvalue weighted by Gasteiger charge is 2.12. The summed E-state index contributed by atoms with van der Waals surface area (Å²) in [5.41, 5.74) is 2.05. The molecule has 4 heteroatoms. The minimum atomic E-state index is 0.237. The van der Waals surface area contributed by atoms with E-state index in [2.05, 4.69) is 21.8 Å². The number of nitrogens with zero attached hydrogens (tertiary/aromatic N) is 2. The smallest absolute Gasteiger partial charge is 0.126 e. The topological polar surface area (TPSA) is 29.9 Å². The number of imidazole rings is 1. The van der Waals surface area contributed by atoms with E-state index in [0.29, 0.717) is 0 Å². The first kappa shape index (κ1) is 10.5. The van der Waals surface area contributed by atoms with E-state index in [1.54, 1.807) is 0 Å². The number of nitrogens with one attached hydrogen (secondary N) is 1. The van der Waals surface area contributed by atoms with Crippen LogP contribution in [0, 0.1) is 0 Å². The van der Waals surface area contributed by atoms with Gasteiger partial charge >= 0.3 is 0 Å². The molecule has 0 saturated heterocycles. The number of aryl methyl sites for hydroxylation is 1. The van der Waals surface area contributed by atoms with Crippen LogP contribution in [0.1, 0.15) is 18.8 Å². The molecule has 0 aliphatic rings. The van der Waals surface area contributed by atoms with Crippen LogP contribution in [-0.2, 0) is 7.05 Å². The number of hydrogen-bond donors (Lipinski definition) is 1. The van der Waals surface area contributed by atoms with Crippen LogP contribution >= 0.6 is 11.6 Å². The van der Waals surface area contributed by atoms with Gasteiger partial charge in [-0.05, 0) is 32.2 Å². The standard InChI is InChI=1S/C11H14ClN3/c1-7(13-2)11-14-9-5-4-8(12)6-10(9)15(11)3/h4-7,13H,1-3H3. The van der Waals surface area contributed by atoms with Crippen LogP contribution in [0.25, 0.3) is 11.0 Å². The van der Waals surface area contributed by atoms with Gasteiger partial charge in [0.05, 0.1) is 17.1 Å². The van der Waals surface area contributed by atoms with Crippen molar-refractivity contribution >= 4 is 22.6 Å². The Kier molecular flexibility index (Phi) is 2.67. The molecule has 0 bridgehead atoms. The van der Waals surface area contributed by atoms with E-state index >= 15 is 0 Å². The van der Waals surface area contributed by atoms with Gasteiger partial charge in [-0.1, -0.05) is 11.6 Å². The number of fused-ring (bicyclic) bond motifs is 1. The van der Waals surface area contributed by atoms with E-state index in [1.165, 1.54) is 0 Å². The predicted octanol–water partition coefficient (Wildman–Crippen LogP) is 2.51. The monoisotopic (exact) mass is 223 g/mol. The lowest BCUT2D eigenvalue weighted by molar-refractivity contribution is 0.590. The van der Waals surface area contributed by atoms with Crippen molar-refractivity contribution in [3.63, 3.8) is 0 Å². The Hall–Kier alpha value is -1.06. The molecule has 3 nitrogen and oxygen atoms in total. The second-order valence-electron chi connectivity index (χ2n) is 3.67. The molecule has 2 rings (SSSR count). The maximum atomic E-state index is 5.96. The molecule has 0 spiro atoms. The summed E-state index contributed by atoms with van der Waals surface area (Å²) in [7, 11) is 3.94. The summed E-state index contributed by atoms with van der Waals surface area (Å²) < 4.78 is 2.07. The van der Waals surface area contributed by atoms with E-state index in [1.807, 2.05) is 32.3 Å². The predicted molar refractivity (Wildman–Crippen MR) is 63.2 cm³/mol. The molecule has 0 fully saturated rings. The van der Waals surface area contributed by atoms with Gasteiger partial charge < -0.3 is 9.88 Å². The van der Waals surface area contributed by atoms with Crippen molar-refractivity contribution in [2.75, 3.05) is 7.05 Å². The van der Waals surface area contributed by atoms with Gasteiger partial charge in [0.1, 0.15) is 5.82 Å². The summed E-state index contributed by atoms with van der Waals surface area (Å²) in [6.07, 6.45) is 0. The summed E-state index contributed by atoms with van der Waals surface area (Å²) in [4.78, 5) is 4.57. The average molecular weight is 224 g/mol. The van der Waals surface area contributed by atoms with E-state index < -0.39 is 0 Å². The summed E-state index contributed by atoms with van der Waals surface area (Å²) in [6.45, 7) is 2.09. The average Bonchev–Trinajstić information content (AvgIpc) is 2.55. The summed E-state index contributed by atoms with van der Waals surface area (Å²) in [5.74, 6) is 1.02. The lowest BCUT2D eigenvalue weighted by Gasteiger charge is -2.09. The Labute approximate surface area is 94.1 Å². The molecule has 1 N–H and O–H groups in total. The van der Waals surface area contributed by atoms with Crippen LogP contribution in [0.2, 0.25) is 5.02 Å². The van der Waals surface area contributed by atoms with Gasteiger partial charge in [0.15, 0.2) is 0 Å². The Balaban J connectivity index is 2.64. The van der Waals surface area contributed by atoms with Crippen molar-refractivity contribution in [3.05, 3.63) is 29.0 Å². The van der Waals surface area contributed by atoms with Crippen LogP contribution in [-0.4, -0.2) is 16.6 Å². The zero-order valence-electron chi connectivity index (χ0n) is 9.08. The Bertz CT molecular complexity index is 490. The number of halogens is 1. The van der Waals surface area contributed by atoms with Crippen molar-refractivity contribution < 1.29 is 0 Å². The fraction of sp³-hybridized carbons (Fsp3) is 0.364. The molecule has 2 aromatic rings. The van der Waals surface area contributed by atoms with E-state index in [4.69, 9.17) is 11.6 Å². The fourth-order valence-corrected chi connectivity index (χ4v) is 1.86. The van der Waals surface area contributed by atoms with Gasteiger partial charge in [-0.2, -0.15) is 0 Å². The van der Waals surface area contributed by atoms with Gasteiger partial charge in [0.25, 0.3) is 0 Å². The van der Waals surface area contributed by atoms with Gasteiger partial charge in [-0.15, -0.1) is 0 Å². The van der Waals surface area contributed by atoms with E-state index in [9.17, 15) is 0 Å². The van der Waals surface area contributed by atoms with Crippen LogP contribution in [0.5, 0.6) is 0 Å². The van der Waals surface area contributed by atoms with Crippen molar-refractivity contribution in [2.24, 2.45) is 7.05 Å². The molecular formula is C11H14ClN3. The van der Waals surface area contributed by atoms with Crippen molar-refractivity contribution in [1.82, 2.24) is 14.9 Å². The maximum Gasteiger partial charge on any atom is 0.126 e. The van der Waals surface area contributed by atoms with Crippen LogP contribution in [0.15, 0.2) is 18.2 Å². The van der Waals surface area contributed by atoms with Gasteiger partial charge in [-0.3, -0.25) is 0 Å². The molecule has 15 heavy (non-hydrogen) atoms. The maximum absolute atomic E-state index is 5.96. The van der Waals surface area contributed by atoms with Crippen LogP contribution in [0.4, 0.5) is 0 Å². The zero-order valence-corrected chi connectivity index (χ0v) is 9.84. The largest absolute Gasteiger partial charge is 0.330 e. The molecule has 0 aliphatic heterocycles. The van der Waals surface area contributed by atoms with E-state index in [-0.39, 0.29) is 6.04 Å². The first-order chi connectivity index (χ1) is 7.13. The Morgan fingerprint density at radius 3 is 2.87 bits per heavy atom. The van der Waals surface area contributed by atoms with Crippen LogP contribution in [0.3, 0.4) is 0 Å². The fourth-order valence-electron chi connectivity index (χ4n) is 1.70.